The molecule has 0 saturated heterocycles. The molecule has 0 heterocycles. The van der Waals surface area contributed by atoms with Crippen molar-refractivity contribution >= 4 is 0 Å². The van der Waals surface area contributed by atoms with Crippen molar-refractivity contribution in [1.82, 2.24) is 5.32 Å². The van der Waals surface area contributed by atoms with Crippen molar-refractivity contribution in [1.29, 1.82) is 0 Å². The molecule has 0 aromatic rings. The Morgan fingerprint density at radius 3 is 2.78 bits per heavy atom. The molecule has 1 nitrogen and oxygen atoms in total. The lowest BCUT2D eigenvalue weighted by atomic mass is 10.1. The number of hydrogen-bond acceptors (Lipinski definition) is 1. The predicted molar refractivity (Wildman–Crippen MR) is 41.2 cm³/mol. The van der Waals surface area contributed by atoms with Crippen LogP contribution in [0.5, 0.6) is 0 Å². The van der Waals surface area contributed by atoms with Crippen LogP contribution < -0.4 is 5.32 Å². The van der Waals surface area contributed by atoms with Crippen LogP contribution in [0.4, 0.5) is 0 Å². The molecule has 0 aliphatic rings. The molecule has 0 saturated carbocycles. The van der Waals surface area contributed by atoms with Gasteiger partial charge in [0.05, 0.1) is 0 Å². The van der Waals surface area contributed by atoms with E-state index in [1.807, 2.05) is 7.05 Å². The van der Waals surface area contributed by atoms with Crippen LogP contribution in [0.2, 0.25) is 0 Å². The van der Waals surface area contributed by atoms with Crippen molar-refractivity contribution in [2.45, 2.75) is 32.2 Å². The molecular formula is C8H15N. The van der Waals surface area contributed by atoms with Crippen LogP contribution >= 0.6 is 0 Å². The minimum Gasteiger partial charge on any atom is -0.317 e. The second-order valence-corrected chi connectivity index (χ2v) is 2.29. The van der Waals surface area contributed by atoms with Gasteiger partial charge in [0.1, 0.15) is 0 Å². The standard InChI is InChI=1S/C8H15N/c1-4-5-6-7-8(2)9-3/h1,8-9H,5-7H2,2-3H3. The third-order valence-electron chi connectivity index (χ3n) is 1.45. The maximum Gasteiger partial charge on any atom is 0.00866 e. The fourth-order valence-electron chi connectivity index (χ4n) is 0.655. The van der Waals surface area contributed by atoms with Crippen molar-refractivity contribution in [3.05, 3.63) is 0 Å². The molecule has 0 spiro atoms. The maximum absolute atomic E-state index is 5.09. The Morgan fingerprint density at radius 2 is 2.33 bits per heavy atom. The lowest BCUT2D eigenvalue weighted by Crippen LogP contribution is -2.20. The minimum atomic E-state index is 0.610. The molecular weight excluding hydrogens is 110 g/mol. The van der Waals surface area contributed by atoms with Crippen LogP contribution in [-0.2, 0) is 0 Å². The zero-order valence-electron chi connectivity index (χ0n) is 6.28. The van der Waals surface area contributed by atoms with E-state index < -0.39 is 0 Å². The Hall–Kier alpha value is -0.480. The van der Waals surface area contributed by atoms with Crippen LogP contribution in [0.25, 0.3) is 0 Å². The maximum atomic E-state index is 5.09. The summed E-state index contributed by atoms with van der Waals surface area (Å²) in [5, 5.41) is 3.16. The normalized spacial score (nSPS) is 12.6. The summed E-state index contributed by atoms with van der Waals surface area (Å²) in [6.45, 7) is 2.16. The quantitative estimate of drug-likeness (QED) is 0.442. The average Bonchev–Trinajstić information content (AvgIpc) is 1.89. The topological polar surface area (TPSA) is 12.0 Å². The highest BCUT2D eigenvalue weighted by Gasteiger charge is 1.94. The van der Waals surface area contributed by atoms with Crippen LogP contribution in [0.1, 0.15) is 26.2 Å². The highest BCUT2D eigenvalue weighted by atomic mass is 14.8. The smallest absolute Gasteiger partial charge is 0.00866 e. The highest BCUT2D eigenvalue weighted by molar-refractivity contribution is 4.83. The van der Waals surface area contributed by atoms with Gasteiger partial charge in [-0.05, 0) is 26.8 Å². The van der Waals surface area contributed by atoms with E-state index in [2.05, 4.69) is 18.2 Å². The van der Waals surface area contributed by atoms with E-state index >= 15 is 0 Å². The first kappa shape index (κ1) is 8.52. The fourth-order valence-corrected chi connectivity index (χ4v) is 0.655. The molecule has 1 atom stereocenters. The van der Waals surface area contributed by atoms with E-state index in [0.717, 1.165) is 12.8 Å². The summed E-state index contributed by atoms with van der Waals surface area (Å²) in [4.78, 5) is 0. The van der Waals surface area contributed by atoms with Crippen LogP contribution in [0, 0.1) is 12.3 Å². The van der Waals surface area contributed by atoms with Crippen molar-refractivity contribution in [2.24, 2.45) is 0 Å². The summed E-state index contributed by atoms with van der Waals surface area (Å²) >= 11 is 0. The molecule has 9 heavy (non-hydrogen) atoms. The van der Waals surface area contributed by atoms with Gasteiger partial charge in [-0.25, -0.2) is 0 Å². The summed E-state index contributed by atoms with van der Waals surface area (Å²) < 4.78 is 0. The van der Waals surface area contributed by atoms with Gasteiger partial charge in [0.25, 0.3) is 0 Å². The minimum absolute atomic E-state index is 0.610. The second kappa shape index (κ2) is 5.65. The fraction of sp³-hybridized carbons (Fsp3) is 0.750. The first-order valence-electron chi connectivity index (χ1n) is 3.42. The van der Waals surface area contributed by atoms with E-state index in [4.69, 9.17) is 6.42 Å². The monoisotopic (exact) mass is 125 g/mol. The Kier molecular flexibility index (Phi) is 5.35. The number of unbranched alkanes of at least 4 members (excludes halogenated alkanes) is 1. The average molecular weight is 125 g/mol. The Labute approximate surface area is 57.8 Å². The summed E-state index contributed by atoms with van der Waals surface area (Å²) in [7, 11) is 1.97. The first-order valence-corrected chi connectivity index (χ1v) is 3.42. The van der Waals surface area contributed by atoms with Crippen molar-refractivity contribution in [2.75, 3.05) is 7.05 Å². The van der Waals surface area contributed by atoms with Crippen molar-refractivity contribution in [3.63, 3.8) is 0 Å². The summed E-state index contributed by atoms with van der Waals surface area (Å²) in [6, 6.07) is 0.610. The lowest BCUT2D eigenvalue weighted by molar-refractivity contribution is 0.547. The molecule has 0 aromatic carbocycles. The van der Waals surface area contributed by atoms with Crippen molar-refractivity contribution in [3.8, 4) is 12.3 Å². The molecule has 0 amide bonds. The molecule has 0 bridgehead atoms. The van der Waals surface area contributed by atoms with Crippen LogP contribution in [0.15, 0.2) is 0 Å². The molecule has 52 valence electrons. The van der Waals surface area contributed by atoms with E-state index in [1.165, 1.54) is 6.42 Å². The summed E-state index contributed by atoms with van der Waals surface area (Å²) in [6.07, 6.45) is 8.31. The van der Waals surface area contributed by atoms with E-state index in [9.17, 15) is 0 Å². The Balaban J connectivity index is 2.99. The summed E-state index contributed by atoms with van der Waals surface area (Å²) in [5.74, 6) is 2.62. The molecule has 0 aromatic heterocycles. The number of rotatable bonds is 4. The zero-order valence-corrected chi connectivity index (χ0v) is 6.28. The summed E-state index contributed by atoms with van der Waals surface area (Å²) in [5.41, 5.74) is 0. The van der Waals surface area contributed by atoms with Gasteiger partial charge in [-0.1, -0.05) is 0 Å². The molecule has 0 fully saturated rings. The largest absolute Gasteiger partial charge is 0.317 e. The number of terminal acetylenes is 1. The third-order valence-corrected chi connectivity index (χ3v) is 1.45. The Bertz CT molecular complexity index is 91.2. The van der Waals surface area contributed by atoms with Gasteiger partial charge in [-0.2, -0.15) is 0 Å². The second-order valence-electron chi connectivity index (χ2n) is 2.29. The van der Waals surface area contributed by atoms with Gasteiger partial charge in [-0.15, -0.1) is 12.3 Å². The van der Waals surface area contributed by atoms with E-state index in [0.29, 0.717) is 6.04 Å². The molecule has 0 rings (SSSR count). The van der Waals surface area contributed by atoms with Crippen LogP contribution in [-0.4, -0.2) is 13.1 Å². The van der Waals surface area contributed by atoms with Gasteiger partial charge in [-0.3, -0.25) is 0 Å². The molecule has 1 heteroatoms. The third kappa shape index (κ3) is 5.39. The van der Waals surface area contributed by atoms with Gasteiger partial charge >= 0.3 is 0 Å². The van der Waals surface area contributed by atoms with Gasteiger partial charge in [0.2, 0.25) is 0 Å². The van der Waals surface area contributed by atoms with E-state index in [-0.39, 0.29) is 0 Å². The lowest BCUT2D eigenvalue weighted by Gasteiger charge is -2.06. The molecule has 1 N–H and O–H groups in total. The molecule has 0 aliphatic heterocycles. The zero-order chi connectivity index (χ0) is 7.11. The SMILES string of the molecule is C#CCCCC(C)NC. The molecule has 1 unspecified atom stereocenters. The molecule has 0 aliphatic carbocycles. The van der Waals surface area contributed by atoms with Gasteiger partial charge in [0.15, 0.2) is 0 Å². The highest BCUT2D eigenvalue weighted by Crippen LogP contribution is 1.97. The number of nitrogens with one attached hydrogen (secondary N) is 1. The molecule has 0 radical (unpaired) electrons. The van der Waals surface area contributed by atoms with Crippen LogP contribution in [0.3, 0.4) is 0 Å². The predicted octanol–water partition coefficient (Wildman–Crippen LogP) is 1.40. The van der Waals surface area contributed by atoms with Gasteiger partial charge < -0.3 is 5.32 Å². The Morgan fingerprint density at radius 1 is 1.67 bits per heavy atom. The first-order chi connectivity index (χ1) is 4.31. The van der Waals surface area contributed by atoms with E-state index in [1.54, 1.807) is 0 Å². The van der Waals surface area contributed by atoms with Gasteiger partial charge in [0, 0.05) is 12.5 Å². The van der Waals surface area contributed by atoms with Crippen molar-refractivity contribution < 1.29 is 0 Å². The number of hydrogen-bond donors (Lipinski definition) is 1.